The Morgan fingerprint density at radius 2 is 2.21 bits per heavy atom. The number of nitrogens with one attached hydrogen (secondary N) is 2. The molecule has 0 aliphatic rings. The van der Waals surface area contributed by atoms with Gasteiger partial charge in [0.05, 0.1) is 13.1 Å². The van der Waals surface area contributed by atoms with Crippen LogP contribution in [0.1, 0.15) is 10.4 Å². The quantitative estimate of drug-likeness (QED) is 0.819. The van der Waals surface area contributed by atoms with E-state index in [1.807, 2.05) is 41.8 Å². The smallest absolute Gasteiger partial charge is 0.239 e. The van der Waals surface area contributed by atoms with Gasteiger partial charge in [-0.2, -0.15) is 0 Å². The van der Waals surface area contributed by atoms with E-state index in [-0.39, 0.29) is 12.5 Å². The molecule has 0 fully saturated rings. The van der Waals surface area contributed by atoms with Crippen molar-refractivity contribution in [1.82, 2.24) is 5.32 Å². The molecule has 0 spiro atoms. The molecule has 1 aromatic carbocycles. The first-order valence-corrected chi connectivity index (χ1v) is 6.75. The summed E-state index contributed by atoms with van der Waals surface area (Å²) in [4.78, 5) is 12.8. The fourth-order valence-corrected chi connectivity index (χ4v) is 2.21. The van der Waals surface area contributed by atoms with Gasteiger partial charge in [-0.3, -0.25) is 4.79 Å². The van der Waals surface area contributed by atoms with E-state index >= 15 is 0 Å². The van der Waals surface area contributed by atoms with Gasteiger partial charge in [0.15, 0.2) is 0 Å². The molecular weight excluding hydrogens is 256 g/mol. The maximum Gasteiger partial charge on any atom is 0.239 e. The molecule has 0 saturated carbocycles. The van der Waals surface area contributed by atoms with Gasteiger partial charge in [0.2, 0.25) is 5.91 Å². The molecule has 0 aliphatic carbocycles. The number of hydrogen-bond acceptors (Lipinski definition) is 3. The number of anilines is 1. The summed E-state index contributed by atoms with van der Waals surface area (Å²) in [5.41, 5.74) is 1.64. The van der Waals surface area contributed by atoms with Gasteiger partial charge in [-0.25, -0.2) is 0 Å². The van der Waals surface area contributed by atoms with Gasteiger partial charge >= 0.3 is 0 Å². The zero-order valence-electron chi connectivity index (χ0n) is 10.3. The number of benzene rings is 1. The lowest BCUT2D eigenvalue weighted by molar-refractivity contribution is -0.119. The van der Waals surface area contributed by atoms with Gasteiger partial charge in [0.1, 0.15) is 0 Å². The van der Waals surface area contributed by atoms with Crippen LogP contribution < -0.4 is 10.6 Å². The largest absolute Gasteiger partial charge is 0.376 e. The minimum Gasteiger partial charge on any atom is -0.376 e. The highest BCUT2D eigenvalue weighted by Crippen LogP contribution is 2.09. The minimum absolute atomic E-state index is 0.0421. The van der Waals surface area contributed by atoms with Crippen LogP contribution >= 0.6 is 11.3 Å². The lowest BCUT2D eigenvalue weighted by Crippen LogP contribution is -2.29. The highest BCUT2D eigenvalue weighted by molar-refractivity contribution is 7.09. The van der Waals surface area contributed by atoms with E-state index in [2.05, 4.69) is 16.6 Å². The molecule has 0 saturated heterocycles. The highest BCUT2D eigenvalue weighted by Gasteiger charge is 2.02. The van der Waals surface area contributed by atoms with Crippen LogP contribution in [0.15, 0.2) is 41.8 Å². The second kappa shape index (κ2) is 6.62. The Balaban J connectivity index is 1.78. The molecule has 0 unspecified atom stereocenters. The zero-order valence-corrected chi connectivity index (χ0v) is 11.2. The van der Waals surface area contributed by atoms with Crippen molar-refractivity contribution in [2.75, 3.05) is 11.9 Å². The van der Waals surface area contributed by atoms with E-state index in [4.69, 9.17) is 6.42 Å². The summed E-state index contributed by atoms with van der Waals surface area (Å²) in [7, 11) is 0. The van der Waals surface area contributed by atoms with Crippen molar-refractivity contribution in [3.05, 3.63) is 52.2 Å². The highest BCUT2D eigenvalue weighted by atomic mass is 32.1. The third-order valence-corrected chi connectivity index (χ3v) is 3.40. The van der Waals surface area contributed by atoms with Gasteiger partial charge in [-0.15, -0.1) is 17.8 Å². The van der Waals surface area contributed by atoms with Gasteiger partial charge in [0.25, 0.3) is 0 Å². The van der Waals surface area contributed by atoms with Crippen molar-refractivity contribution in [2.24, 2.45) is 0 Å². The van der Waals surface area contributed by atoms with E-state index in [1.54, 1.807) is 11.3 Å². The predicted molar refractivity (Wildman–Crippen MR) is 79.0 cm³/mol. The molecule has 1 aromatic heterocycles. The van der Waals surface area contributed by atoms with Crippen LogP contribution in [0.25, 0.3) is 0 Å². The number of rotatable bonds is 5. The molecule has 1 heterocycles. The first-order valence-electron chi connectivity index (χ1n) is 5.87. The molecular formula is C15H14N2OS. The van der Waals surface area contributed by atoms with Crippen LogP contribution in [-0.4, -0.2) is 12.5 Å². The number of carbonyl (C=O) groups excluding carboxylic acids is 1. The van der Waals surface area contributed by atoms with Crippen LogP contribution in [0, 0.1) is 12.3 Å². The fourth-order valence-electron chi connectivity index (χ4n) is 1.56. The maximum atomic E-state index is 11.7. The summed E-state index contributed by atoms with van der Waals surface area (Å²) in [6.45, 7) is 0.808. The topological polar surface area (TPSA) is 41.1 Å². The molecule has 96 valence electrons. The van der Waals surface area contributed by atoms with E-state index in [0.717, 1.165) is 16.1 Å². The third kappa shape index (κ3) is 4.16. The predicted octanol–water partition coefficient (Wildman–Crippen LogP) is 2.46. The van der Waals surface area contributed by atoms with Crippen LogP contribution in [0.2, 0.25) is 0 Å². The van der Waals surface area contributed by atoms with Gasteiger partial charge < -0.3 is 10.6 Å². The molecule has 0 aliphatic heterocycles. The van der Waals surface area contributed by atoms with E-state index in [1.165, 1.54) is 0 Å². The van der Waals surface area contributed by atoms with E-state index < -0.39 is 0 Å². The number of terminal acetylenes is 1. The summed E-state index contributed by atoms with van der Waals surface area (Å²) < 4.78 is 0. The first-order chi connectivity index (χ1) is 9.28. The molecule has 2 aromatic rings. The van der Waals surface area contributed by atoms with E-state index in [9.17, 15) is 4.79 Å². The zero-order chi connectivity index (χ0) is 13.5. The van der Waals surface area contributed by atoms with Crippen molar-refractivity contribution < 1.29 is 4.79 Å². The summed E-state index contributed by atoms with van der Waals surface area (Å²) in [5, 5.41) is 7.89. The molecule has 0 radical (unpaired) electrons. The van der Waals surface area contributed by atoms with Gasteiger partial charge in [-0.1, -0.05) is 18.1 Å². The second-order valence-corrected chi connectivity index (χ2v) is 4.97. The van der Waals surface area contributed by atoms with Gasteiger partial charge in [0, 0.05) is 16.1 Å². The Bertz CT molecular complexity index is 584. The summed E-state index contributed by atoms with van der Waals surface area (Å²) >= 11 is 1.63. The molecule has 2 N–H and O–H groups in total. The normalized spacial score (nSPS) is 9.63. The van der Waals surface area contributed by atoms with E-state index in [0.29, 0.717) is 6.54 Å². The maximum absolute atomic E-state index is 11.7. The third-order valence-electron chi connectivity index (χ3n) is 2.52. The number of carbonyl (C=O) groups is 1. The van der Waals surface area contributed by atoms with Crippen LogP contribution in [0.5, 0.6) is 0 Å². The van der Waals surface area contributed by atoms with Crippen molar-refractivity contribution in [2.45, 2.75) is 6.54 Å². The minimum atomic E-state index is -0.0421. The molecule has 2 rings (SSSR count). The summed E-state index contributed by atoms with van der Waals surface area (Å²) in [5.74, 6) is 2.52. The Morgan fingerprint density at radius 3 is 2.95 bits per heavy atom. The average Bonchev–Trinajstić information content (AvgIpc) is 2.96. The average molecular weight is 270 g/mol. The monoisotopic (exact) mass is 270 g/mol. The molecule has 0 bridgehead atoms. The fraction of sp³-hybridized carbons (Fsp3) is 0.133. The van der Waals surface area contributed by atoms with Crippen molar-refractivity contribution in [1.29, 1.82) is 0 Å². The molecule has 0 atom stereocenters. The Labute approximate surface area is 116 Å². The summed E-state index contributed by atoms with van der Waals surface area (Å²) in [6, 6.07) is 11.4. The number of amides is 1. The second-order valence-electron chi connectivity index (χ2n) is 3.93. The van der Waals surface area contributed by atoms with Crippen molar-refractivity contribution in [3.63, 3.8) is 0 Å². The van der Waals surface area contributed by atoms with Crippen molar-refractivity contribution in [3.8, 4) is 12.3 Å². The van der Waals surface area contributed by atoms with Crippen molar-refractivity contribution >= 4 is 22.9 Å². The number of hydrogen-bond donors (Lipinski definition) is 2. The standard InChI is InChI=1S/C15H14N2OS/c1-2-12-5-3-6-13(9-12)16-11-15(18)17-10-14-7-4-8-19-14/h1,3-9,16H,10-11H2,(H,17,18). The Hall–Kier alpha value is -2.25. The number of thiophene rings is 1. The Morgan fingerprint density at radius 1 is 1.32 bits per heavy atom. The summed E-state index contributed by atoms with van der Waals surface area (Å²) in [6.07, 6.45) is 5.32. The first kappa shape index (κ1) is 13.2. The van der Waals surface area contributed by atoms with Crippen LogP contribution in [0.3, 0.4) is 0 Å². The van der Waals surface area contributed by atoms with Crippen LogP contribution in [-0.2, 0) is 11.3 Å². The van der Waals surface area contributed by atoms with Crippen LogP contribution in [0.4, 0.5) is 5.69 Å². The van der Waals surface area contributed by atoms with Gasteiger partial charge in [-0.05, 0) is 29.6 Å². The lowest BCUT2D eigenvalue weighted by atomic mass is 10.2. The lowest BCUT2D eigenvalue weighted by Gasteiger charge is -2.07. The molecule has 3 nitrogen and oxygen atoms in total. The Kier molecular flexibility index (Phi) is 4.60. The molecule has 19 heavy (non-hydrogen) atoms. The molecule has 1 amide bonds. The SMILES string of the molecule is C#Cc1cccc(NCC(=O)NCc2cccs2)c1. The molecule has 4 heteroatoms.